The quantitative estimate of drug-likeness (QED) is 0.549. The minimum Gasteiger partial charge on any atom is -0.338 e. The molecule has 1 amide bonds. The van der Waals surface area contributed by atoms with Gasteiger partial charge in [0.2, 0.25) is 0 Å². The average molecular weight is 320 g/mol. The molecule has 0 aliphatic rings. The van der Waals surface area contributed by atoms with Crippen LogP contribution in [0.15, 0.2) is 61.2 Å². The fourth-order valence-electron chi connectivity index (χ4n) is 2.95. The van der Waals surface area contributed by atoms with Crippen molar-refractivity contribution in [1.29, 1.82) is 0 Å². The minimum atomic E-state index is -0.148. The van der Waals surface area contributed by atoms with Crippen LogP contribution in [0.1, 0.15) is 34.7 Å². The molecule has 0 saturated heterocycles. The Bertz CT molecular complexity index is 895. The highest BCUT2D eigenvalue weighted by molar-refractivity contribution is 5.94. The van der Waals surface area contributed by atoms with Crippen molar-refractivity contribution in [3.05, 3.63) is 78.1 Å². The summed E-state index contributed by atoms with van der Waals surface area (Å²) in [4.78, 5) is 15.9. The molecule has 0 spiro atoms. The van der Waals surface area contributed by atoms with Gasteiger partial charge in [-0.15, -0.1) is 0 Å². The van der Waals surface area contributed by atoms with Gasteiger partial charge in [-0.1, -0.05) is 42.5 Å². The van der Waals surface area contributed by atoms with Crippen molar-refractivity contribution in [3.8, 4) is 0 Å². The summed E-state index contributed by atoms with van der Waals surface area (Å²) in [5, 5.41) is 3.07. The molecule has 2 N–H and O–H groups in total. The van der Waals surface area contributed by atoms with Crippen molar-refractivity contribution in [2.75, 3.05) is 0 Å². The SMILES string of the molecule is C=CC[n+]1c(C(C)NC(=O)c2cccc(C)c2)[nH]c2ccccc21. The molecule has 0 saturated carbocycles. The summed E-state index contributed by atoms with van der Waals surface area (Å²) in [6.07, 6.45) is 1.86. The fourth-order valence-corrected chi connectivity index (χ4v) is 2.95. The molecular formula is C20H22N3O+. The van der Waals surface area contributed by atoms with Gasteiger partial charge in [0.25, 0.3) is 11.7 Å². The molecule has 1 heterocycles. The average Bonchev–Trinajstić information content (AvgIpc) is 2.94. The van der Waals surface area contributed by atoms with Gasteiger partial charge >= 0.3 is 0 Å². The number of aromatic nitrogens is 2. The molecule has 122 valence electrons. The first-order chi connectivity index (χ1) is 11.6. The van der Waals surface area contributed by atoms with E-state index in [1.165, 1.54) is 0 Å². The van der Waals surface area contributed by atoms with E-state index >= 15 is 0 Å². The molecular weight excluding hydrogens is 298 g/mol. The van der Waals surface area contributed by atoms with Crippen molar-refractivity contribution in [1.82, 2.24) is 10.3 Å². The first kappa shape index (κ1) is 16.0. The van der Waals surface area contributed by atoms with Gasteiger partial charge in [-0.05, 0) is 38.1 Å². The number of hydrogen-bond donors (Lipinski definition) is 2. The smallest absolute Gasteiger partial charge is 0.278 e. The molecule has 0 aliphatic carbocycles. The Balaban J connectivity index is 1.90. The maximum absolute atomic E-state index is 12.5. The number of allylic oxidation sites excluding steroid dienone is 1. The molecule has 1 aromatic heterocycles. The number of imidazole rings is 1. The van der Waals surface area contributed by atoms with E-state index < -0.39 is 0 Å². The van der Waals surface area contributed by atoms with E-state index in [0.29, 0.717) is 12.1 Å². The van der Waals surface area contributed by atoms with Gasteiger partial charge in [-0.25, -0.2) is 9.55 Å². The maximum Gasteiger partial charge on any atom is 0.278 e. The van der Waals surface area contributed by atoms with Crippen molar-refractivity contribution in [2.45, 2.75) is 26.4 Å². The number of carbonyl (C=O) groups is 1. The molecule has 2 aromatic carbocycles. The summed E-state index contributed by atoms with van der Waals surface area (Å²) in [6, 6.07) is 15.6. The summed E-state index contributed by atoms with van der Waals surface area (Å²) < 4.78 is 2.14. The predicted molar refractivity (Wildman–Crippen MR) is 95.8 cm³/mol. The second-order valence-electron chi connectivity index (χ2n) is 5.99. The second-order valence-corrected chi connectivity index (χ2v) is 5.99. The Hall–Kier alpha value is -2.88. The van der Waals surface area contributed by atoms with E-state index in [4.69, 9.17) is 0 Å². The molecule has 4 heteroatoms. The second kappa shape index (κ2) is 6.71. The van der Waals surface area contributed by atoms with E-state index in [0.717, 1.165) is 22.4 Å². The van der Waals surface area contributed by atoms with Gasteiger partial charge in [0, 0.05) is 5.56 Å². The first-order valence-corrected chi connectivity index (χ1v) is 8.09. The maximum atomic E-state index is 12.5. The highest BCUT2D eigenvalue weighted by Crippen LogP contribution is 2.15. The number of fused-ring (bicyclic) bond motifs is 1. The summed E-state index contributed by atoms with van der Waals surface area (Å²) in [6.45, 7) is 8.49. The van der Waals surface area contributed by atoms with Gasteiger partial charge in [-0.3, -0.25) is 4.79 Å². The number of amides is 1. The topological polar surface area (TPSA) is 48.8 Å². The summed E-state index contributed by atoms with van der Waals surface area (Å²) in [5.41, 5.74) is 3.89. The minimum absolute atomic E-state index is 0.0741. The predicted octanol–water partition coefficient (Wildman–Crippen LogP) is 3.44. The van der Waals surface area contributed by atoms with Crippen LogP contribution in [0, 0.1) is 6.92 Å². The normalized spacial score (nSPS) is 12.1. The molecule has 0 fully saturated rings. The highest BCUT2D eigenvalue weighted by Gasteiger charge is 2.24. The Morgan fingerprint density at radius 1 is 1.29 bits per heavy atom. The lowest BCUT2D eigenvalue weighted by molar-refractivity contribution is -0.670. The third kappa shape index (κ3) is 3.08. The summed E-state index contributed by atoms with van der Waals surface area (Å²) in [7, 11) is 0. The van der Waals surface area contributed by atoms with E-state index in [2.05, 4.69) is 27.5 Å². The van der Waals surface area contributed by atoms with Crippen molar-refractivity contribution in [2.24, 2.45) is 0 Å². The lowest BCUT2D eigenvalue weighted by atomic mass is 10.1. The standard InChI is InChI=1S/C20H21N3O/c1-4-12-23-18-11-6-5-10-17(18)22-19(23)15(3)21-20(24)16-9-7-8-14(2)13-16/h4-11,13,15H,1,12H2,2-3H3,(H,21,24)/p+1. The van der Waals surface area contributed by atoms with Crippen molar-refractivity contribution in [3.63, 3.8) is 0 Å². The largest absolute Gasteiger partial charge is 0.338 e. The van der Waals surface area contributed by atoms with Crippen LogP contribution in [0.4, 0.5) is 0 Å². The number of carbonyl (C=O) groups excluding carboxylic acids is 1. The molecule has 3 rings (SSSR count). The Morgan fingerprint density at radius 3 is 2.83 bits per heavy atom. The number of benzene rings is 2. The molecule has 3 aromatic rings. The number of aryl methyl sites for hydroxylation is 1. The van der Waals surface area contributed by atoms with E-state index in [1.807, 2.05) is 62.4 Å². The molecule has 4 nitrogen and oxygen atoms in total. The number of aromatic amines is 1. The van der Waals surface area contributed by atoms with Gasteiger partial charge < -0.3 is 5.32 Å². The lowest BCUT2D eigenvalue weighted by Crippen LogP contribution is -2.41. The zero-order valence-corrected chi connectivity index (χ0v) is 14.0. The molecule has 24 heavy (non-hydrogen) atoms. The van der Waals surface area contributed by atoms with E-state index in [1.54, 1.807) is 0 Å². The Kier molecular flexibility index (Phi) is 4.47. The van der Waals surface area contributed by atoms with Crippen LogP contribution in [-0.2, 0) is 6.54 Å². The molecule has 1 unspecified atom stereocenters. The molecule has 1 atom stereocenters. The lowest BCUT2D eigenvalue weighted by Gasteiger charge is -2.11. The third-order valence-electron chi connectivity index (χ3n) is 4.10. The molecule has 0 aliphatic heterocycles. The summed E-state index contributed by atoms with van der Waals surface area (Å²) in [5.74, 6) is 0.882. The van der Waals surface area contributed by atoms with Crippen LogP contribution in [0.25, 0.3) is 11.0 Å². The van der Waals surface area contributed by atoms with Crippen LogP contribution < -0.4 is 9.88 Å². The monoisotopic (exact) mass is 320 g/mol. The van der Waals surface area contributed by atoms with Gasteiger partial charge in [0.15, 0.2) is 11.0 Å². The van der Waals surface area contributed by atoms with Crippen LogP contribution in [0.2, 0.25) is 0 Å². The van der Waals surface area contributed by atoms with Crippen LogP contribution in [-0.4, -0.2) is 10.9 Å². The number of para-hydroxylation sites is 2. The molecule has 0 bridgehead atoms. The van der Waals surface area contributed by atoms with Gasteiger partial charge in [-0.2, -0.15) is 0 Å². The van der Waals surface area contributed by atoms with Crippen LogP contribution in [0.3, 0.4) is 0 Å². The van der Waals surface area contributed by atoms with Gasteiger partial charge in [0.1, 0.15) is 12.6 Å². The number of rotatable bonds is 5. The highest BCUT2D eigenvalue weighted by atomic mass is 16.1. The van der Waals surface area contributed by atoms with Crippen molar-refractivity contribution < 1.29 is 9.36 Å². The fraction of sp³-hybridized carbons (Fsp3) is 0.200. The zero-order valence-electron chi connectivity index (χ0n) is 14.0. The number of hydrogen-bond acceptors (Lipinski definition) is 1. The number of nitrogens with zero attached hydrogens (tertiary/aromatic N) is 1. The Labute approximate surface area is 141 Å². The van der Waals surface area contributed by atoms with E-state index in [9.17, 15) is 4.79 Å². The van der Waals surface area contributed by atoms with Gasteiger partial charge in [0.05, 0.1) is 0 Å². The Morgan fingerprint density at radius 2 is 2.08 bits per heavy atom. The van der Waals surface area contributed by atoms with Crippen LogP contribution >= 0.6 is 0 Å². The number of H-pyrrole nitrogens is 1. The van der Waals surface area contributed by atoms with Crippen molar-refractivity contribution >= 4 is 16.9 Å². The number of nitrogens with one attached hydrogen (secondary N) is 2. The third-order valence-corrected chi connectivity index (χ3v) is 4.10. The zero-order chi connectivity index (χ0) is 17.1. The first-order valence-electron chi connectivity index (χ1n) is 8.09. The van der Waals surface area contributed by atoms with Crippen LogP contribution in [0.5, 0.6) is 0 Å². The molecule has 0 radical (unpaired) electrons. The van der Waals surface area contributed by atoms with E-state index in [-0.39, 0.29) is 11.9 Å². The summed E-state index contributed by atoms with van der Waals surface area (Å²) >= 11 is 0.